The number of amides is 2. The molecule has 1 aromatic rings. The Balaban J connectivity index is 2.70. The predicted molar refractivity (Wildman–Crippen MR) is 75.8 cm³/mol. The van der Waals surface area contributed by atoms with E-state index < -0.39 is 28.9 Å². The number of nitrogens with one attached hydrogen (secondary N) is 1. The van der Waals surface area contributed by atoms with Crippen LogP contribution in [0.25, 0.3) is 0 Å². The molecule has 7 heteroatoms. The predicted octanol–water partition coefficient (Wildman–Crippen LogP) is 2.48. The van der Waals surface area contributed by atoms with Crippen molar-refractivity contribution in [2.45, 2.75) is 26.7 Å². The van der Waals surface area contributed by atoms with Crippen LogP contribution in [0, 0.1) is 17.5 Å². The molecule has 22 heavy (non-hydrogen) atoms. The fourth-order valence-corrected chi connectivity index (χ4v) is 1.97. The van der Waals surface area contributed by atoms with E-state index in [1.165, 1.54) is 0 Å². The number of halogens is 3. The molecule has 0 aliphatic heterocycles. The highest BCUT2D eigenvalue weighted by Crippen LogP contribution is 2.14. The maximum Gasteiger partial charge on any atom is 0.254 e. The first kappa shape index (κ1) is 18.0. The van der Waals surface area contributed by atoms with Gasteiger partial charge in [-0.05, 0) is 25.0 Å². The lowest BCUT2D eigenvalue weighted by atomic mass is 10.2. The average molecular weight is 316 g/mol. The molecule has 0 fully saturated rings. The Labute approximate surface area is 127 Å². The molecule has 0 aromatic heterocycles. The van der Waals surface area contributed by atoms with Crippen LogP contribution in [0.3, 0.4) is 0 Å². The van der Waals surface area contributed by atoms with E-state index in [-0.39, 0.29) is 12.5 Å². The Bertz CT molecular complexity index is 544. The summed E-state index contributed by atoms with van der Waals surface area (Å²) in [6, 6.07) is 1.50. The SMILES string of the molecule is CCCN(CCC)C(=O)CNC(=O)c1ccc(F)c(F)c1F. The quantitative estimate of drug-likeness (QED) is 0.786. The van der Waals surface area contributed by atoms with E-state index in [0.29, 0.717) is 19.2 Å². The number of rotatable bonds is 7. The number of carbonyl (C=O) groups excluding carboxylic acids is 2. The zero-order chi connectivity index (χ0) is 16.7. The number of nitrogens with zero attached hydrogens (tertiary/aromatic N) is 1. The van der Waals surface area contributed by atoms with Crippen molar-refractivity contribution in [3.8, 4) is 0 Å². The molecule has 4 nitrogen and oxygen atoms in total. The van der Waals surface area contributed by atoms with Crippen molar-refractivity contribution >= 4 is 11.8 Å². The average Bonchev–Trinajstić information content (AvgIpc) is 2.50. The van der Waals surface area contributed by atoms with E-state index in [4.69, 9.17) is 0 Å². The van der Waals surface area contributed by atoms with Crippen molar-refractivity contribution in [3.63, 3.8) is 0 Å². The summed E-state index contributed by atoms with van der Waals surface area (Å²) in [5.74, 6) is -5.92. The van der Waals surface area contributed by atoms with E-state index in [1.807, 2.05) is 13.8 Å². The Morgan fingerprint density at radius 1 is 1.05 bits per heavy atom. The fourth-order valence-electron chi connectivity index (χ4n) is 1.97. The molecule has 1 aromatic carbocycles. The van der Waals surface area contributed by atoms with Gasteiger partial charge in [0.2, 0.25) is 5.91 Å². The number of carbonyl (C=O) groups is 2. The van der Waals surface area contributed by atoms with E-state index in [9.17, 15) is 22.8 Å². The second kappa shape index (κ2) is 8.41. The van der Waals surface area contributed by atoms with Gasteiger partial charge >= 0.3 is 0 Å². The summed E-state index contributed by atoms with van der Waals surface area (Å²) in [5, 5.41) is 2.22. The summed E-state index contributed by atoms with van der Waals surface area (Å²) in [6.07, 6.45) is 1.55. The number of hydrogen-bond donors (Lipinski definition) is 1. The summed E-state index contributed by atoms with van der Waals surface area (Å²) in [7, 11) is 0. The molecule has 0 saturated carbocycles. The highest BCUT2D eigenvalue weighted by atomic mass is 19.2. The molecule has 0 unspecified atom stereocenters. The maximum atomic E-state index is 13.5. The molecule has 1 N–H and O–H groups in total. The van der Waals surface area contributed by atoms with Gasteiger partial charge < -0.3 is 10.2 Å². The van der Waals surface area contributed by atoms with Gasteiger partial charge in [-0.25, -0.2) is 13.2 Å². The van der Waals surface area contributed by atoms with Gasteiger partial charge in [-0.2, -0.15) is 0 Å². The first-order valence-electron chi connectivity index (χ1n) is 7.11. The first-order valence-corrected chi connectivity index (χ1v) is 7.11. The minimum Gasteiger partial charge on any atom is -0.343 e. The van der Waals surface area contributed by atoms with Gasteiger partial charge in [-0.3, -0.25) is 9.59 Å². The number of benzene rings is 1. The minimum atomic E-state index is -1.71. The third-order valence-corrected chi connectivity index (χ3v) is 3.02. The molecule has 0 atom stereocenters. The molecule has 0 radical (unpaired) electrons. The molecule has 1 rings (SSSR count). The second-order valence-electron chi connectivity index (χ2n) is 4.79. The van der Waals surface area contributed by atoms with E-state index in [0.717, 1.165) is 18.9 Å². The molecule has 122 valence electrons. The van der Waals surface area contributed by atoms with E-state index in [1.54, 1.807) is 4.90 Å². The van der Waals surface area contributed by atoms with Gasteiger partial charge in [0.1, 0.15) is 0 Å². The normalized spacial score (nSPS) is 10.4. The lowest BCUT2D eigenvalue weighted by molar-refractivity contribution is -0.130. The molecule has 0 bridgehead atoms. The van der Waals surface area contributed by atoms with Crippen LogP contribution < -0.4 is 5.32 Å². The third kappa shape index (κ3) is 4.47. The van der Waals surface area contributed by atoms with Crippen molar-refractivity contribution in [3.05, 3.63) is 35.1 Å². The summed E-state index contributed by atoms with van der Waals surface area (Å²) in [5.41, 5.74) is -0.635. The van der Waals surface area contributed by atoms with Crippen molar-refractivity contribution < 1.29 is 22.8 Å². The van der Waals surface area contributed by atoms with Crippen LogP contribution >= 0.6 is 0 Å². The summed E-state index contributed by atoms with van der Waals surface area (Å²) >= 11 is 0. The highest BCUT2D eigenvalue weighted by molar-refractivity contribution is 5.96. The van der Waals surface area contributed by atoms with Gasteiger partial charge in [0.25, 0.3) is 5.91 Å². The molecular formula is C15H19F3N2O2. The topological polar surface area (TPSA) is 49.4 Å². The molecule has 0 heterocycles. The molecule has 0 aliphatic carbocycles. The second-order valence-corrected chi connectivity index (χ2v) is 4.79. The van der Waals surface area contributed by atoms with Gasteiger partial charge in [-0.1, -0.05) is 13.8 Å². The van der Waals surface area contributed by atoms with E-state index >= 15 is 0 Å². The first-order chi connectivity index (χ1) is 10.4. The van der Waals surface area contributed by atoms with E-state index in [2.05, 4.69) is 5.32 Å². The van der Waals surface area contributed by atoms with Crippen LogP contribution in [0.5, 0.6) is 0 Å². The smallest absolute Gasteiger partial charge is 0.254 e. The number of hydrogen-bond acceptors (Lipinski definition) is 2. The van der Waals surface area contributed by atoms with Crippen LogP contribution in [-0.4, -0.2) is 36.3 Å². The minimum absolute atomic E-state index is 0.306. The van der Waals surface area contributed by atoms with Crippen molar-refractivity contribution in [2.24, 2.45) is 0 Å². The molecular weight excluding hydrogens is 297 g/mol. The van der Waals surface area contributed by atoms with Crippen molar-refractivity contribution in [1.29, 1.82) is 0 Å². The standard InChI is InChI=1S/C15H19F3N2O2/c1-3-7-20(8-4-2)12(21)9-19-15(22)10-5-6-11(16)14(18)13(10)17/h5-6H,3-4,7-9H2,1-2H3,(H,19,22). The highest BCUT2D eigenvalue weighted by Gasteiger charge is 2.20. The molecule has 0 aliphatic rings. The van der Waals surface area contributed by atoms with Crippen LogP contribution in [0.2, 0.25) is 0 Å². The van der Waals surface area contributed by atoms with Gasteiger partial charge in [0.15, 0.2) is 17.5 Å². The monoisotopic (exact) mass is 316 g/mol. The Kier molecular flexibility index (Phi) is 6.88. The summed E-state index contributed by atoms with van der Waals surface area (Å²) < 4.78 is 39.3. The van der Waals surface area contributed by atoms with Crippen molar-refractivity contribution in [2.75, 3.05) is 19.6 Å². The molecule has 2 amide bonds. The maximum absolute atomic E-state index is 13.5. The summed E-state index contributed by atoms with van der Waals surface area (Å²) in [6.45, 7) is 4.64. The lowest BCUT2D eigenvalue weighted by Crippen LogP contribution is -2.41. The Morgan fingerprint density at radius 2 is 1.64 bits per heavy atom. The largest absolute Gasteiger partial charge is 0.343 e. The van der Waals surface area contributed by atoms with Gasteiger partial charge in [-0.15, -0.1) is 0 Å². The summed E-state index contributed by atoms with van der Waals surface area (Å²) in [4.78, 5) is 25.3. The van der Waals surface area contributed by atoms with Crippen LogP contribution in [0.15, 0.2) is 12.1 Å². The lowest BCUT2D eigenvalue weighted by Gasteiger charge is -2.21. The fraction of sp³-hybridized carbons (Fsp3) is 0.467. The third-order valence-electron chi connectivity index (χ3n) is 3.02. The van der Waals surface area contributed by atoms with Gasteiger partial charge in [0, 0.05) is 13.1 Å². The van der Waals surface area contributed by atoms with Gasteiger partial charge in [0.05, 0.1) is 12.1 Å². The van der Waals surface area contributed by atoms with Crippen LogP contribution in [0.1, 0.15) is 37.0 Å². The molecule has 0 spiro atoms. The Morgan fingerprint density at radius 3 is 2.18 bits per heavy atom. The van der Waals surface area contributed by atoms with Crippen molar-refractivity contribution in [1.82, 2.24) is 10.2 Å². The van der Waals surface area contributed by atoms with Crippen LogP contribution in [-0.2, 0) is 4.79 Å². The Hall–Kier alpha value is -2.05. The molecule has 0 saturated heterocycles. The van der Waals surface area contributed by atoms with Crippen LogP contribution in [0.4, 0.5) is 13.2 Å². The zero-order valence-electron chi connectivity index (χ0n) is 12.6. The zero-order valence-corrected chi connectivity index (χ0v) is 12.6.